The molecule has 0 aliphatic rings. The van der Waals surface area contributed by atoms with Gasteiger partial charge in [-0.3, -0.25) is 4.99 Å². The summed E-state index contributed by atoms with van der Waals surface area (Å²) in [4.78, 5) is 8.50. The number of nitrogens with one attached hydrogen (secondary N) is 2. The summed E-state index contributed by atoms with van der Waals surface area (Å²) >= 11 is 0. The first-order valence-electron chi connectivity index (χ1n) is 8.78. The lowest BCUT2D eigenvalue weighted by molar-refractivity contribution is 0.379. The van der Waals surface area contributed by atoms with Crippen LogP contribution in [0.3, 0.4) is 0 Å². The molecule has 2 rings (SSSR count). The number of hydrogen-bond donors (Lipinski definition) is 2. The normalized spacial score (nSPS) is 13.0. The van der Waals surface area contributed by atoms with Crippen LogP contribution in [0, 0.1) is 5.82 Å². The third-order valence-electron chi connectivity index (χ3n) is 4.22. The van der Waals surface area contributed by atoms with E-state index in [1.807, 2.05) is 26.0 Å². The largest absolute Gasteiger partial charge is 0.443 e. The molecule has 1 heterocycles. The average molecular weight is 360 g/mol. The molecule has 26 heavy (non-hydrogen) atoms. The molecule has 0 radical (unpaired) electrons. The predicted molar refractivity (Wildman–Crippen MR) is 103 cm³/mol. The van der Waals surface area contributed by atoms with E-state index in [2.05, 4.69) is 41.4 Å². The van der Waals surface area contributed by atoms with Crippen LogP contribution in [0.15, 0.2) is 39.9 Å². The average Bonchev–Trinajstić information content (AvgIpc) is 3.04. The first kappa shape index (κ1) is 19.9. The molecule has 0 amide bonds. The van der Waals surface area contributed by atoms with Gasteiger partial charge >= 0.3 is 0 Å². The number of rotatable bonds is 5. The van der Waals surface area contributed by atoms with E-state index < -0.39 is 0 Å². The van der Waals surface area contributed by atoms with Crippen LogP contribution in [-0.4, -0.2) is 24.5 Å². The molecule has 0 saturated heterocycles. The number of aromatic nitrogens is 1. The Labute approximate surface area is 155 Å². The monoisotopic (exact) mass is 360 g/mol. The van der Waals surface area contributed by atoms with Gasteiger partial charge in [0.1, 0.15) is 11.6 Å². The van der Waals surface area contributed by atoms with Crippen LogP contribution in [0.25, 0.3) is 0 Å². The molecule has 2 aromatic rings. The minimum Gasteiger partial charge on any atom is -0.443 e. The first-order chi connectivity index (χ1) is 12.1. The molecule has 0 bridgehead atoms. The highest BCUT2D eigenvalue weighted by Crippen LogP contribution is 2.25. The number of aliphatic imine (C=N–C) groups is 1. The molecule has 0 saturated carbocycles. The van der Waals surface area contributed by atoms with E-state index in [4.69, 9.17) is 4.42 Å². The predicted octanol–water partition coefficient (Wildman–Crippen LogP) is 3.75. The summed E-state index contributed by atoms with van der Waals surface area (Å²) in [5.41, 5.74) is 0.214. The summed E-state index contributed by atoms with van der Waals surface area (Å²) in [6.45, 7) is 11.2. The van der Waals surface area contributed by atoms with Gasteiger partial charge in [0, 0.05) is 24.4 Å². The van der Waals surface area contributed by atoms with Crippen LogP contribution < -0.4 is 10.6 Å². The molecule has 0 unspecified atom stereocenters. The summed E-state index contributed by atoms with van der Waals surface area (Å²) in [5, 5.41) is 6.42. The fourth-order valence-corrected chi connectivity index (χ4v) is 2.53. The zero-order valence-corrected chi connectivity index (χ0v) is 16.5. The maximum Gasteiger partial charge on any atom is 0.213 e. The molecular formula is C20H29FN4O. The number of halogens is 1. The second kappa shape index (κ2) is 7.89. The Morgan fingerprint density at radius 2 is 1.85 bits per heavy atom. The van der Waals surface area contributed by atoms with Crippen molar-refractivity contribution < 1.29 is 8.81 Å². The van der Waals surface area contributed by atoms with Gasteiger partial charge in [-0.2, -0.15) is 0 Å². The third-order valence-corrected chi connectivity index (χ3v) is 4.22. The lowest BCUT2D eigenvalue weighted by atomic mass is 9.84. The fourth-order valence-electron chi connectivity index (χ4n) is 2.53. The van der Waals surface area contributed by atoms with E-state index in [-0.39, 0.29) is 16.6 Å². The summed E-state index contributed by atoms with van der Waals surface area (Å²) < 4.78 is 19.8. The van der Waals surface area contributed by atoms with E-state index >= 15 is 0 Å². The standard InChI is InChI=1S/C20H29FN4O/c1-19(2,3)16-11-23-17(26-16)12-24-18(22-6)25-13-20(4,5)14-9-7-8-10-15(14)21/h7-11H,12-13H2,1-6H3,(H2,22,24,25). The Bertz CT molecular complexity index is 759. The topological polar surface area (TPSA) is 62.5 Å². The van der Waals surface area contributed by atoms with Crippen LogP contribution in [0.5, 0.6) is 0 Å². The Balaban J connectivity index is 1.94. The summed E-state index contributed by atoms with van der Waals surface area (Å²) in [7, 11) is 1.70. The van der Waals surface area contributed by atoms with Crippen molar-refractivity contribution in [3.05, 3.63) is 53.5 Å². The lowest BCUT2D eigenvalue weighted by Gasteiger charge is -2.27. The minimum absolute atomic E-state index is 0.0744. The van der Waals surface area contributed by atoms with Gasteiger partial charge in [-0.1, -0.05) is 52.8 Å². The molecule has 142 valence electrons. The maximum atomic E-state index is 14.1. The summed E-state index contributed by atoms with van der Waals surface area (Å²) in [6.07, 6.45) is 1.76. The number of guanidine groups is 1. The smallest absolute Gasteiger partial charge is 0.213 e. The van der Waals surface area contributed by atoms with Crippen molar-refractivity contribution in [3.8, 4) is 0 Å². The van der Waals surface area contributed by atoms with Crippen LogP contribution in [0.2, 0.25) is 0 Å². The van der Waals surface area contributed by atoms with Gasteiger partial charge in [-0.15, -0.1) is 0 Å². The zero-order valence-electron chi connectivity index (χ0n) is 16.5. The number of benzene rings is 1. The number of oxazole rings is 1. The van der Waals surface area contributed by atoms with Gasteiger partial charge in [0.05, 0.1) is 12.7 Å². The molecular weight excluding hydrogens is 331 g/mol. The molecule has 0 fully saturated rings. The van der Waals surface area contributed by atoms with Gasteiger partial charge in [0.25, 0.3) is 0 Å². The molecule has 2 N–H and O–H groups in total. The fraction of sp³-hybridized carbons (Fsp3) is 0.500. The Morgan fingerprint density at radius 3 is 2.42 bits per heavy atom. The summed E-state index contributed by atoms with van der Waals surface area (Å²) in [5.74, 6) is 1.87. The lowest BCUT2D eigenvalue weighted by Crippen LogP contribution is -2.43. The molecule has 0 aliphatic heterocycles. The van der Waals surface area contributed by atoms with Crippen molar-refractivity contribution in [1.82, 2.24) is 15.6 Å². The highest BCUT2D eigenvalue weighted by molar-refractivity contribution is 5.79. The molecule has 1 aromatic carbocycles. The van der Waals surface area contributed by atoms with Crippen molar-refractivity contribution in [3.63, 3.8) is 0 Å². The molecule has 0 atom stereocenters. The first-order valence-corrected chi connectivity index (χ1v) is 8.78. The van der Waals surface area contributed by atoms with Gasteiger partial charge in [-0.05, 0) is 11.6 Å². The molecule has 6 heteroatoms. The van der Waals surface area contributed by atoms with Gasteiger partial charge in [0.2, 0.25) is 5.89 Å². The molecule has 5 nitrogen and oxygen atoms in total. The maximum absolute atomic E-state index is 14.1. The second-order valence-corrected chi connectivity index (χ2v) is 8.01. The van der Waals surface area contributed by atoms with Crippen molar-refractivity contribution in [1.29, 1.82) is 0 Å². The highest BCUT2D eigenvalue weighted by atomic mass is 19.1. The van der Waals surface area contributed by atoms with Gasteiger partial charge in [0.15, 0.2) is 5.96 Å². The van der Waals surface area contributed by atoms with Crippen LogP contribution in [-0.2, 0) is 17.4 Å². The quantitative estimate of drug-likeness (QED) is 0.630. The van der Waals surface area contributed by atoms with Crippen molar-refractivity contribution in [2.75, 3.05) is 13.6 Å². The van der Waals surface area contributed by atoms with Gasteiger partial charge < -0.3 is 15.1 Å². The Morgan fingerprint density at radius 1 is 1.15 bits per heavy atom. The Hall–Kier alpha value is -2.37. The molecule has 0 spiro atoms. The van der Waals surface area contributed by atoms with Crippen molar-refractivity contribution in [2.24, 2.45) is 4.99 Å². The Kier molecular flexibility index (Phi) is 6.05. The molecule has 0 aliphatic carbocycles. The van der Waals surface area contributed by atoms with E-state index in [0.717, 1.165) is 5.76 Å². The van der Waals surface area contributed by atoms with E-state index in [0.29, 0.717) is 30.5 Å². The van der Waals surface area contributed by atoms with Crippen LogP contribution >= 0.6 is 0 Å². The SMILES string of the molecule is CN=C(NCc1ncc(C(C)(C)C)o1)NCC(C)(C)c1ccccc1F. The van der Waals surface area contributed by atoms with Crippen LogP contribution in [0.4, 0.5) is 4.39 Å². The zero-order chi connectivity index (χ0) is 19.4. The van der Waals surface area contributed by atoms with E-state index in [9.17, 15) is 4.39 Å². The second-order valence-electron chi connectivity index (χ2n) is 8.01. The van der Waals surface area contributed by atoms with Crippen LogP contribution in [0.1, 0.15) is 51.8 Å². The minimum atomic E-state index is -0.384. The van der Waals surface area contributed by atoms with E-state index in [1.165, 1.54) is 6.07 Å². The third kappa shape index (κ3) is 5.07. The number of hydrogen-bond acceptors (Lipinski definition) is 3. The van der Waals surface area contributed by atoms with E-state index in [1.54, 1.807) is 19.3 Å². The molecule has 1 aromatic heterocycles. The summed E-state index contributed by atoms with van der Waals surface area (Å²) in [6, 6.07) is 6.85. The number of nitrogens with zero attached hydrogens (tertiary/aromatic N) is 2. The van der Waals surface area contributed by atoms with Crippen molar-refractivity contribution >= 4 is 5.96 Å². The van der Waals surface area contributed by atoms with Crippen molar-refractivity contribution in [2.45, 2.75) is 52.0 Å². The highest BCUT2D eigenvalue weighted by Gasteiger charge is 2.24. The van der Waals surface area contributed by atoms with Gasteiger partial charge in [-0.25, -0.2) is 9.37 Å².